The molecule has 0 saturated carbocycles. The normalized spacial score (nSPS) is 12.0. The van der Waals surface area contributed by atoms with Crippen LogP contribution in [0.25, 0.3) is 16.5 Å². The summed E-state index contributed by atoms with van der Waals surface area (Å²) in [6, 6.07) is 20.6. The molecule has 0 saturated heterocycles. The van der Waals surface area contributed by atoms with Crippen molar-refractivity contribution in [1.82, 2.24) is 9.40 Å². The van der Waals surface area contributed by atoms with Gasteiger partial charge in [-0.25, -0.2) is 9.22 Å². The highest BCUT2D eigenvalue weighted by molar-refractivity contribution is 7.89. The van der Waals surface area contributed by atoms with Gasteiger partial charge < -0.3 is 4.57 Å². The van der Waals surface area contributed by atoms with Crippen molar-refractivity contribution in [2.75, 3.05) is 0 Å². The quantitative estimate of drug-likeness (QED) is 0.375. The van der Waals surface area contributed by atoms with Gasteiger partial charge >= 0.3 is 0 Å². The fourth-order valence-electron chi connectivity index (χ4n) is 3.46. The van der Waals surface area contributed by atoms with E-state index < -0.39 is 10.0 Å². The van der Waals surface area contributed by atoms with Crippen LogP contribution in [0.1, 0.15) is 17.0 Å². The largest absolute Gasteiger partial charge is 0.318 e. The number of nitrogens with one attached hydrogen (secondary N) is 1. The molecule has 7 heteroatoms. The molecular formula is C23H20FN3O2S. The molecule has 0 atom stereocenters. The number of rotatable bonds is 5. The highest BCUT2D eigenvalue weighted by Gasteiger charge is 2.14. The molecule has 30 heavy (non-hydrogen) atoms. The zero-order valence-electron chi connectivity index (χ0n) is 16.5. The summed E-state index contributed by atoms with van der Waals surface area (Å²) in [6.07, 6.45) is 1.47. The minimum absolute atomic E-state index is 0.148. The standard InChI is InChI=1S/C23H20FN3O2S/c1-16-13-20(17(2)27(16)22-10-8-21(24)9-11-22)15-25-26-30(28,29)23-12-7-18-5-3-4-6-19(18)14-23/h3-15,26H,1-2H3/b25-15-. The monoisotopic (exact) mass is 421 g/mol. The van der Waals surface area contributed by atoms with Crippen LogP contribution in [0.4, 0.5) is 4.39 Å². The van der Waals surface area contributed by atoms with Crippen molar-refractivity contribution < 1.29 is 12.8 Å². The van der Waals surface area contributed by atoms with Gasteiger partial charge in [-0.2, -0.15) is 13.5 Å². The van der Waals surface area contributed by atoms with E-state index in [9.17, 15) is 12.8 Å². The number of aryl methyl sites for hydroxylation is 1. The summed E-state index contributed by atoms with van der Waals surface area (Å²) >= 11 is 0. The van der Waals surface area contributed by atoms with Gasteiger partial charge in [-0.15, -0.1) is 0 Å². The van der Waals surface area contributed by atoms with Crippen LogP contribution in [0.5, 0.6) is 0 Å². The maximum Gasteiger partial charge on any atom is 0.276 e. The molecule has 1 aromatic heterocycles. The van der Waals surface area contributed by atoms with Crippen molar-refractivity contribution in [2.24, 2.45) is 5.10 Å². The molecule has 0 bridgehead atoms. The summed E-state index contributed by atoms with van der Waals surface area (Å²) < 4.78 is 40.4. The third kappa shape index (κ3) is 3.84. The fraction of sp³-hybridized carbons (Fsp3) is 0.0870. The number of hydrogen-bond donors (Lipinski definition) is 1. The summed E-state index contributed by atoms with van der Waals surface area (Å²) in [4.78, 5) is 2.42. The van der Waals surface area contributed by atoms with Gasteiger partial charge in [0.15, 0.2) is 0 Å². The van der Waals surface area contributed by atoms with E-state index in [1.165, 1.54) is 18.3 Å². The smallest absolute Gasteiger partial charge is 0.276 e. The van der Waals surface area contributed by atoms with Crippen LogP contribution in [0.15, 0.2) is 82.8 Å². The summed E-state index contributed by atoms with van der Waals surface area (Å²) in [5, 5.41) is 5.76. The molecule has 0 amide bonds. The lowest BCUT2D eigenvalue weighted by molar-refractivity contribution is 0.585. The Hall–Kier alpha value is -3.45. The average Bonchev–Trinajstić information content (AvgIpc) is 3.01. The Labute approximate surface area is 174 Å². The SMILES string of the molecule is Cc1cc(/C=N\NS(=O)(=O)c2ccc3ccccc3c2)c(C)n1-c1ccc(F)cc1. The van der Waals surface area contributed by atoms with Crippen molar-refractivity contribution in [2.45, 2.75) is 18.7 Å². The molecule has 0 fully saturated rings. The number of halogens is 1. The molecule has 1 heterocycles. The first-order valence-electron chi connectivity index (χ1n) is 9.34. The topological polar surface area (TPSA) is 63.5 Å². The molecule has 0 aliphatic heterocycles. The van der Waals surface area contributed by atoms with Crippen molar-refractivity contribution in [3.05, 3.63) is 95.6 Å². The molecule has 0 radical (unpaired) electrons. The van der Waals surface area contributed by atoms with E-state index in [0.717, 1.165) is 33.4 Å². The Bertz CT molecular complexity index is 1360. The van der Waals surface area contributed by atoms with Gasteiger partial charge in [-0.1, -0.05) is 30.3 Å². The van der Waals surface area contributed by atoms with Gasteiger partial charge in [0.25, 0.3) is 10.0 Å². The molecule has 1 N–H and O–H groups in total. The summed E-state index contributed by atoms with van der Waals surface area (Å²) in [7, 11) is -3.79. The van der Waals surface area contributed by atoms with Crippen LogP contribution >= 0.6 is 0 Å². The summed E-state index contributed by atoms with van der Waals surface area (Å²) in [5.74, 6) is -0.300. The van der Waals surface area contributed by atoms with Crippen LogP contribution in [0.2, 0.25) is 0 Å². The Morgan fingerprint density at radius 2 is 1.63 bits per heavy atom. The first kappa shape index (κ1) is 19.8. The molecule has 0 aliphatic rings. The van der Waals surface area contributed by atoms with Gasteiger partial charge in [-0.3, -0.25) is 0 Å². The lowest BCUT2D eigenvalue weighted by Gasteiger charge is -2.09. The Kier molecular flexibility index (Phi) is 5.13. The molecule has 5 nitrogen and oxygen atoms in total. The van der Waals surface area contributed by atoms with E-state index >= 15 is 0 Å². The average molecular weight is 421 g/mol. The number of hydrogen-bond acceptors (Lipinski definition) is 3. The number of nitrogens with zero attached hydrogens (tertiary/aromatic N) is 2. The van der Waals surface area contributed by atoms with Crippen LogP contribution in [0.3, 0.4) is 0 Å². The zero-order valence-corrected chi connectivity index (χ0v) is 17.3. The zero-order chi connectivity index (χ0) is 21.3. The number of hydrazone groups is 1. The first-order valence-corrected chi connectivity index (χ1v) is 10.8. The molecule has 0 spiro atoms. The van der Waals surface area contributed by atoms with Crippen molar-refractivity contribution in [3.63, 3.8) is 0 Å². The van der Waals surface area contributed by atoms with Crippen molar-refractivity contribution in [1.29, 1.82) is 0 Å². The highest BCUT2D eigenvalue weighted by Crippen LogP contribution is 2.21. The number of benzene rings is 3. The third-order valence-electron chi connectivity index (χ3n) is 4.96. The molecule has 3 aromatic carbocycles. The fourth-order valence-corrected chi connectivity index (χ4v) is 4.28. The predicted molar refractivity (Wildman–Crippen MR) is 117 cm³/mol. The molecule has 0 aliphatic carbocycles. The van der Waals surface area contributed by atoms with Crippen LogP contribution in [-0.4, -0.2) is 19.2 Å². The van der Waals surface area contributed by atoms with E-state index in [4.69, 9.17) is 0 Å². The van der Waals surface area contributed by atoms with Crippen molar-refractivity contribution in [3.8, 4) is 5.69 Å². The number of aromatic nitrogens is 1. The lowest BCUT2D eigenvalue weighted by atomic mass is 10.1. The van der Waals surface area contributed by atoms with E-state index in [1.807, 2.05) is 48.7 Å². The second-order valence-corrected chi connectivity index (χ2v) is 8.66. The predicted octanol–water partition coefficient (Wildman–Crippen LogP) is 4.70. The van der Waals surface area contributed by atoms with Gasteiger partial charge in [0.05, 0.1) is 11.1 Å². The van der Waals surface area contributed by atoms with Gasteiger partial charge in [0.2, 0.25) is 0 Å². The van der Waals surface area contributed by atoms with E-state index in [-0.39, 0.29) is 10.7 Å². The van der Waals surface area contributed by atoms with Crippen LogP contribution in [0, 0.1) is 19.7 Å². The van der Waals surface area contributed by atoms with E-state index in [2.05, 4.69) is 9.93 Å². The molecular weight excluding hydrogens is 401 g/mol. The maximum absolute atomic E-state index is 13.2. The van der Waals surface area contributed by atoms with E-state index in [1.54, 1.807) is 30.3 Å². The van der Waals surface area contributed by atoms with Crippen LogP contribution < -0.4 is 4.83 Å². The molecule has 4 aromatic rings. The molecule has 4 rings (SSSR count). The van der Waals surface area contributed by atoms with E-state index in [0.29, 0.717) is 0 Å². The Balaban J connectivity index is 1.58. The van der Waals surface area contributed by atoms with Gasteiger partial charge in [0.1, 0.15) is 5.82 Å². The molecule has 0 unspecified atom stereocenters. The second kappa shape index (κ2) is 7.76. The van der Waals surface area contributed by atoms with Gasteiger partial charge in [0, 0.05) is 22.6 Å². The second-order valence-electron chi connectivity index (χ2n) is 7.00. The Morgan fingerprint density at radius 1 is 0.933 bits per heavy atom. The minimum atomic E-state index is -3.79. The number of sulfonamides is 1. The minimum Gasteiger partial charge on any atom is -0.318 e. The van der Waals surface area contributed by atoms with Crippen molar-refractivity contribution >= 4 is 27.0 Å². The van der Waals surface area contributed by atoms with Crippen LogP contribution in [-0.2, 0) is 10.0 Å². The lowest BCUT2D eigenvalue weighted by Crippen LogP contribution is -2.18. The first-order chi connectivity index (χ1) is 14.3. The Morgan fingerprint density at radius 3 is 2.37 bits per heavy atom. The number of fused-ring (bicyclic) bond motifs is 1. The molecule has 152 valence electrons. The van der Waals surface area contributed by atoms with Gasteiger partial charge in [-0.05, 0) is 67.1 Å². The summed E-state index contributed by atoms with van der Waals surface area (Å²) in [6.45, 7) is 3.82. The highest BCUT2D eigenvalue weighted by atomic mass is 32.2. The third-order valence-corrected chi connectivity index (χ3v) is 6.18. The summed E-state index contributed by atoms with van der Waals surface area (Å²) in [5.41, 5.74) is 3.38. The maximum atomic E-state index is 13.2.